The maximum absolute atomic E-state index is 11.1. The molecule has 0 bridgehead atoms. The summed E-state index contributed by atoms with van der Waals surface area (Å²) in [6.07, 6.45) is 22.1. The van der Waals surface area contributed by atoms with Crippen LogP contribution in [0.25, 0.3) is 0 Å². The molecule has 2 aliphatic heterocycles. The molecule has 2 saturated carbocycles. The average Bonchev–Trinajstić information content (AvgIpc) is 1.68. The summed E-state index contributed by atoms with van der Waals surface area (Å²) >= 11 is 0. The van der Waals surface area contributed by atoms with Gasteiger partial charge in [0.2, 0.25) is 5.91 Å². The minimum absolute atomic E-state index is 0. The van der Waals surface area contributed by atoms with E-state index in [1.165, 1.54) is 68.8 Å². The topological polar surface area (TPSA) is 274 Å². The molecule has 2 saturated heterocycles. The van der Waals surface area contributed by atoms with Gasteiger partial charge in [-0.1, -0.05) is 103 Å². The van der Waals surface area contributed by atoms with E-state index in [1.54, 1.807) is 25.8 Å². The molecule has 7 rings (SSSR count). The Labute approximate surface area is 732 Å². The quantitative estimate of drug-likeness (QED) is 0.0551. The van der Waals surface area contributed by atoms with Gasteiger partial charge in [-0.15, -0.1) is 0 Å². The minimum atomic E-state index is -1.82. The summed E-state index contributed by atoms with van der Waals surface area (Å²) in [5, 5.41) is 25.2. The number of H-pyrrole nitrogens is 3. The maximum Gasteiger partial charge on any atom is 0.245 e. The van der Waals surface area contributed by atoms with Crippen LogP contribution in [-0.4, -0.2) is 243 Å². The van der Waals surface area contributed by atoms with Crippen molar-refractivity contribution in [1.82, 2.24) is 40.6 Å². The van der Waals surface area contributed by atoms with Gasteiger partial charge in [0.25, 0.3) is 0 Å². The Morgan fingerprint density at radius 1 is 0.588 bits per heavy atom. The summed E-state index contributed by atoms with van der Waals surface area (Å²) in [7, 11) is 3.87. The van der Waals surface area contributed by atoms with Gasteiger partial charge in [0.05, 0.1) is 115 Å². The highest BCUT2D eigenvalue weighted by atomic mass is 32.2. The number of rotatable bonds is 19. The number of ketones is 1. The molecule has 0 radical (unpaired) electrons. The fourth-order valence-electron chi connectivity index (χ4n) is 8.63. The first-order valence-electron chi connectivity index (χ1n) is 43.2. The van der Waals surface area contributed by atoms with Gasteiger partial charge in [-0.25, -0.2) is 4.98 Å². The average molecular weight is 1720 g/mol. The van der Waals surface area contributed by atoms with Crippen molar-refractivity contribution in [2.45, 2.75) is 420 Å². The fourth-order valence-corrected chi connectivity index (χ4v) is 9.36. The molecule has 24 heteroatoms. The Balaban J connectivity index is -0.000000293. The second-order valence-electron chi connectivity index (χ2n) is 43.7. The fraction of sp³-hybridized carbons (Fsp3) is 0.874. The van der Waals surface area contributed by atoms with Crippen molar-refractivity contribution in [3.8, 4) is 0 Å². The maximum atomic E-state index is 11.1. The molecule has 4 fully saturated rings. The van der Waals surface area contributed by atoms with Crippen LogP contribution in [0.3, 0.4) is 0 Å². The first-order valence-corrected chi connectivity index (χ1v) is 45.5. The van der Waals surface area contributed by atoms with Crippen molar-refractivity contribution >= 4 is 27.1 Å². The van der Waals surface area contributed by atoms with E-state index < -0.39 is 15.6 Å². The lowest BCUT2D eigenvalue weighted by Gasteiger charge is -2.30. The third-order valence-corrected chi connectivity index (χ3v) is 16.8. The van der Waals surface area contributed by atoms with Gasteiger partial charge in [-0.05, 0) is 284 Å². The summed E-state index contributed by atoms with van der Waals surface area (Å²) in [5.41, 5.74) is 4.27. The van der Waals surface area contributed by atoms with E-state index in [0.717, 1.165) is 59.0 Å². The second-order valence-corrected chi connectivity index (χ2v) is 46.5. The van der Waals surface area contributed by atoms with E-state index in [2.05, 4.69) is 226 Å². The third-order valence-electron chi connectivity index (χ3n) is 15.7. The largest absolute Gasteiger partial charge is 0.388 e. The summed E-state index contributed by atoms with van der Waals surface area (Å²) < 4.78 is 70.5. The Hall–Kier alpha value is -3.73. The Morgan fingerprint density at radius 2 is 1.04 bits per heavy atom. The molecule has 5 N–H and O–H groups in total. The van der Waals surface area contributed by atoms with Gasteiger partial charge in [0.1, 0.15) is 25.4 Å². The summed E-state index contributed by atoms with van der Waals surface area (Å²) in [5.74, 6) is 4.87. The van der Waals surface area contributed by atoms with Gasteiger partial charge in [0, 0.05) is 85.5 Å². The lowest BCUT2D eigenvalue weighted by molar-refractivity contribution is -0.130. The molecule has 119 heavy (non-hydrogen) atoms. The molecule has 5 heterocycles. The third kappa shape index (κ3) is 96.3. The zero-order valence-electron chi connectivity index (χ0n) is 84.4. The van der Waals surface area contributed by atoms with E-state index in [0.29, 0.717) is 43.0 Å². The van der Waals surface area contributed by atoms with Crippen LogP contribution in [0, 0.1) is 11.3 Å². The molecule has 1 amide bonds. The van der Waals surface area contributed by atoms with Crippen molar-refractivity contribution < 1.29 is 71.0 Å². The molecule has 2 aliphatic carbocycles. The molecule has 0 aromatic carbocycles. The van der Waals surface area contributed by atoms with Crippen LogP contribution in [0.4, 0.5) is 0 Å². The number of aromatic amines is 3. The van der Waals surface area contributed by atoms with E-state index in [4.69, 9.17) is 52.1 Å². The number of Topliss-reactive ketones (excluding diaryl/α,β-unsaturated/α-hetero) is 1. The van der Waals surface area contributed by atoms with E-state index in [9.17, 15) is 18.9 Å². The first-order chi connectivity index (χ1) is 52.9. The lowest BCUT2D eigenvalue weighted by atomic mass is 9.90. The van der Waals surface area contributed by atoms with Crippen molar-refractivity contribution in [3.05, 3.63) is 54.1 Å². The Bertz CT molecular complexity index is 2860. The standard InChI is InChI=1S/C10H20O.C9H20O2S.C9H18O.C8H19NO.C8H16O3.C8H16O2.3C7H12N2.C7H15NO2.C7H14O2.C7H16O.CH4/c1-10(2,3)11-9-7-5-4-6-8-9;1-9(2,3)11-7-6-8-12(4,5)10;1-8(2,3)10-7-9(4)5-6-9;1-8(2,3)10-7-6-9(4)5;1-8(2,3)11-7-5-10-4-6(7)9;1-8(2,3)10-6-7-4-9-5-7;1-7(2,3)6-4-8-5-9-6;1-7(2,3)6-4-8-9-5-6;1-7(2,3)6-4-5-8-9-6;1-7(2,3)10-5-6(9)8-4;1-6(8)5-9-7(2,3)4;1-5-6-8-7(2,3)4;/h9H,4-8H2,1-3H3;4,6-8H2,1-3,5H3;5-7H2,1-4H3;6-7H2,1-5H3;6-7,9H,4-5H2,1-3H3;7H,4-6H2,1-3H3;3*4-5H,1-3H3,(H,8,9);5H2,1-4H3,(H,8,9);5H2,1-4H3;5-6H2,1-4H3;1H4. The SMILES string of the molecule is C.C=S(C)(=O)CCCOC(C)(C)C.CC(=O)COC(C)(C)C.CC(C)(C)OC1CCCCC1.CC(C)(C)OC1COCC1O.CC(C)(C)OCC1COC1.CC(C)(C)c1ccn[nH]1.CC(C)(C)c1cn[nH]c1.CC(C)(C)c1cnc[nH]1.CC1(COC(C)(C)C)CC1.CCCOC(C)(C)C.CN(C)CCOC(C)(C)C.CNC(=O)COC(C)(C)C. The van der Waals surface area contributed by atoms with Crippen LogP contribution >= 0.6 is 0 Å². The van der Waals surface area contributed by atoms with Crippen molar-refractivity contribution in [2.75, 3.05) is 112 Å². The van der Waals surface area contributed by atoms with Crippen LogP contribution in [-0.2, 0) is 87.5 Å². The lowest BCUT2D eigenvalue weighted by Crippen LogP contribution is -2.34. The van der Waals surface area contributed by atoms with Crippen LogP contribution < -0.4 is 5.32 Å². The summed E-state index contributed by atoms with van der Waals surface area (Å²) in [4.78, 5) is 30.1. The number of likely N-dealkylation sites (N-methyl/N-ethyl adjacent to an activating group) is 2. The zero-order valence-corrected chi connectivity index (χ0v) is 85.2. The van der Waals surface area contributed by atoms with E-state index in [1.807, 2.05) is 122 Å². The first kappa shape index (κ1) is 126. The highest BCUT2D eigenvalue weighted by Crippen LogP contribution is 2.45. The van der Waals surface area contributed by atoms with E-state index in [-0.39, 0.29) is 105 Å². The number of carbonyl (C=O) groups excluding carboxylic acids is 2. The second kappa shape index (κ2) is 60.0. The van der Waals surface area contributed by atoms with Crippen LogP contribution in [0.15, 0.2) is 37.2 Å². The predicted molar refractivity (Wildman–Crippen MR) is 504 cm³/mol. The highest BCUT2D eigenvalue weighted by Gasteiger charge is 2.38. The van der Waals surface area contributed by atoms with Gasteiger partial charge in [0.15, 0.2) is 5.78 Å². The zero-order chi connectivity index (χ0) is 93.3. The molecular weight excluding hydrogens is 1530 g/mol. The molecule has 23 nitrogen and oxygen atoms in total. The van der Waals surface area contributed by atoms with Gasteiger partial charge in [-0.3, -0.25) is 24.0 Å². The molecule has 3 unspecified atom stereocenters. The van der Waals surface area contributed by atoms with Crippen molar-refractivity contribution in [3.63, 3.8) is 0 Å². The number of nitrogens with one attached hydrogen (secondary N) is 4. The van der Waals surface area contributed by atoms with Crippen molar-refractivity contribution in [1.29, 1.82) is 0 Å². The minimum Gasteiger partial charge on any atom is -0.388 e. The smallest absolute Gasteiger partial charge is 0.245 e. The number of amides is 1. The summed E-state index contributed by atoms with van der Waals surface area (Å²) in [6.45, 7) is 88.4. The molecule has 3 aromatic heterocycles. The number of ether oxygens (including phenoxy) is 11. The predicted octanol–water partition coefficient (Wildman–Crippen LogP) is 20.6. The molecule has 710 valence electrons. The van der Waals surface area contributed by atoms with Crippen molar-refractivity contribution in [2.24, 2.45) is 11.3 Å². The molecule has 0 spiro atoms. The highest BCUT2D eigenvalue weighted by molar-refractivity contribution is 7.99. The van der Waals surface area contributed by atoms with Gasteiger partial charge >= 0.3 is 0 Å². The number of imidazole rings is 1. The van der Waals surface area contributed by atoms with Crippen LogP contribution in [0.5, 0.6) is 0 Å². The monoisotopic (exact) mass is 1720 g/mol. The number of aromatic nitrogens is 6. The van der Waals surface area contributed by atoms with Crippen LogP contribution in [0.1, 0.15) is 352 Å². The molecular formula is C95H194N8O15S. The van der Waals surface area contributed by atoms with E-state index >= 15 is 0 Å². The van der Waals surface area contributed by atoms with Gasteiger partial charge < -0.3 is 72.4 Å². The van der Waals surface area contributed by atoms with Crippen LogP contribution in [0.2, 0.25) is 0 Å². The number of carbonyl (C=O) groups is 2. The number of aliphatic hydroxyl groups excluding tert-OH is 1. The molecule has 3 aromatic rings. The normalized spacial score (nSPS) is 16.8. The molecule has 3 atom stereocenters. The molecule has 4 aliphatic rings. The number of nitrogens with zero attached hydrogens (tertiary/aromatic N) is 4. The van der Waals surface area contributed by atoms with Gasteiger partial charge in [-0.2, -0.15) is 10.2 Å². The Morgan fingerprint density at radius 3 is 1.32 bits per heavy atom. The number of hydrogen-bond acceptors (Lipinski definition) is 19. The Kier molecular flexibility index (Phi) is 63.6. The number of aliphatic hydroxyl groups is 1. The number of hydrogen-bond donors (Lipinski definition) is 5. The summed E-state index contributed by atoms with van der Waals surface area (Å²) in [6, 6.07) is 2.00.